The van der Waals surface area contributed by atoms with Crippen molar-refractivity contribution in [1.29, 1.82) is 0 Å². The van der Waals surface area contributed by atoms with Gasteiger partial charge in [0.15, 0.2) is 0 Å². The van der Waals surface area contributed by atoms with Gasteiger partial charge in [-0.15, -0.1) is 11.8 Å². The number of carbonyl (C=O) groups is 2. The van der Waals surface area contributed by atoms with E-state index in [1.165, 1.54) is 13.2 Å². The van der Waals surface area contributed by atoms with Gasteiger partial charge in [0.25, 0.3) is 5.91 Å². The third-order valence-electron chi connectivity index (χ3n) is 4.55. The monoisotopic (exact) mass is 451 g/mol. The highest BCUT2D eigenvalue weighted by Gasteiger charge is 2.13. The van der Waals surface area contributed by atoms with E-state index in [0.29, 0.717) is 11.3 Å². The third kappa shape index (κ3) is 4.90. The van der Waals surface area contributed by atoms with Gasteiger partial charge in [-0.2, -0.15) is 0 Å². The summed E-state index contributed by atoms with van der Waals surface area (Å²) in [5.41, 5.74) is 3.07. The van der Waals surface area contributed by atoms with Crippen LogP contribution in [0.5, 0.6) is 0 Å². The Hall–Kier alpha value is -3.29. The van der Waals surface area contributed by atoms with Crippen LogP contribution in [0.25, 0.3) is 5.65 Å². The average Bonchev–Trinajstić information content (AvgIpc) is 3.22. The number of pyridine rings is 1. The van der Waals surface area contributed by atoms with Gasteiger partial charge in [0.2, 0.25) is 0 Å². The van der Waals surface area contributed by atoms with Crippen LogP contribution >= 0.6 is 23.4 Å². The molecule has 31 heavy (non-hydrogen) atoms. The Bertz CT molecular complexity index is 1220. The van der Waals surface area contributed by atoms with Gasteiger partial charge in [0, 0.05) is 34.3 Å². The van der Waals surface area contributed by atoms with Crippen LogP contribution in [0, 0.1) is 0 Å². The number of aromatic nitrogens is 2. The van der Waals surface area contributed by atoms with Crippen molar-refractivity contribution in [3.63, 3.8) is 0 Å². The molecular formula is C23H18ClN3O3S. The van der Waals surface area contributed by atoms with E-state index < -0.39 is 5.97 Å². The van der Waals surface area contributed by atoms with Gasteiger partial charge < -0.3 is 14.5 Å². The van der Waals surface area contributed by atoms with Crippen molar-refractivity contribution >= 4 is 46.6 Å². The van der Waals surface area contributed by atoms with Crippen LogP contribution in [0.4, 0.5) is 5.69 Å². The number of nitrogens with one attached hydrogen (secondary N) is 1. The Kier molecular flexibility index (Phi) is 6.25. The summed E-state index contributed by atoms with van der Waals surface area (Å²) in [6.07, 6.45) is 3.98. The molecule has 2 heterocycles. The van der Waals surface area contributed by atoms with E-state index in [1.807, 2.05) is 47.1 Å². The van der Waals surface area contributed by atoms with Gasteiger partial charge in [0.1, 0.15) is 5.65 Å². The van der Waals surface area contributed by atoms with Crippen LogP contribution in [-0.4, -0.2) is 28.4 Å². The van der Waals surface area contributed by atoms with E-state index >= 15 is 0 Å². The number of esters is 1. The maximum atomic E-state index is 12.6. The Morgan fingerprint density at radius 2 is 1.94 bits per heavy atom. The van der Waals surface area contributed by atoms with E-state index in [2.05, 4.69) is 10.3 Å². The lowest BCUT2D eigenvalue weighted by Crippen LogP contribution is -2.12. The van der Waals surface area contributed by atoms with E-state index in [0.717, 1.165) is 22.0 Å². The Morgan fingerprint density at radius 3 is 2.68 bits per heavy atom. The first kappa shape index (κ1) is 21.0. The van der Waals surface area contributed by atoms with Crippen molar-refractivity contribution in [2.24, 2.45) is 0 Å². The number of rotatable bonds is 6. The molecule has 0 saturated heterocycles. The molecule has 0 aliphatic heterocycles. The number of methoxy groups -OCH3 is 1. The number of nitrogens with zero attached hydrogens (tertiary/aromatic N) is 2. The normalized spacial score (nSPS) is 10.8. The molecule has 156 valence electrons. The van der Waals surface area contributed by atoms with Crippen LogP contribution in [0.2, 0.25) is 5.02 Å². The van der Waals surface area contributed by atoms with E-state index in [9.17, 15) is 9.59 Å². The third-order valence-corrected chi connectivity index (χ3v) is 5.92. The first-order chi connectivity index (χ1) is 15.0. The summed E-state index contributed by atoms with van der Waals surface area (Å²) in [7, 11) is 1.28. The second-order valence-electron chi connectivity index (χ2n) is 6.65. The van der Waals surface area contributed by atoms with E-state index in [-0.39, 0.29) is 16.5 Å². The molecule has 2 aromatic carbocycles. The second kappa shape index (κ2) is 9.24. The summed E-state index contributed by atoms with van der Waals surface area (Å²) in [4.78, 5) is 30.0. The number of halogens is 1. The maximum absolute atomic E-state index is 12.6. The summed E-state index contributed by atoms with van der Waals surface area (Å²) in [6, 6.07) is 17.9. The number of anilines is 1. The molecular weight excluding hydrogens is 434 g/mol. The van der Waals surface area contributed by atoms with Gasteiger partial charge in [0.05, 0.1) is 23.4 Å². The summed E-state index contributed by atoms with van der Waals surface area (Å²) < 4.78 is 6.69. The van der Waals surface area contributed by atoms with E-state index in [1.54, 1.807) is 36.0 Å². The Labute approximate surface area is 188 Å². The molecule has 2 aromatic heterocycles. The number of hydrogen-bond donors (Lipinski definition) is 1. The molecule has 4 rings (SSSR count). The predicted octanol–water partition coefficient (Wildman–Crippen LogP) is 5.32. The molecule has 1 amide bonds. The zero-order valence-electron chi connectivity index (χ0n) is 16.5. The number of hydrogen-bond acceptors (Lipinski definition) is 5. The molecule has 0 unspecified atom stereocenters. The SMILES string of the molecule is COC(=O)c1cc(NC(=O)c2ccc(SCc3cn4ccccc4n3)cc2)ccc1Cl. The van der Waals surface area contributed by atoms with Crippen LogP contribution in [0.3, 0.4) is 0 Å². The van der Waals surface area contributed by atoms with Gasteiger partial charge in [-0.05, 0) is 54.6 Å². The molecule has 0 fully saturated rings. The minimum atomic E-state index is -0.562. The van der Waals surface area contributed by atoms with Gasteiger partial charge in [-0.25, -0.2) is 9.78 Å². The van der Waals surface area contributed by atoms with Crippen molar-refractivity contribution in [3.8, 4) is 0 Å². The zero-order valence-corrected chi connectivity index (χ0v) is 18.1. The van der Waals surface area contributed by atoms with Crippen LogP contribution in [-0.2, 0) is 10.5 Å². The zero-order chi connectivity index (χ0) is 21.8. The molecule has 0 atom stereocenters. The highest BCUT2D eigenvalue weighted by molar-refractivity contribution is 7.98. The standard InChI is InChI=1S/C23H18ClN3O3S/c1-30-23(29)19-12-16(7-10-20(19)24)26-22(28)15-5-8-18(9-6-15)31-14-17-13-27-11-3-2-4-21(27)25-17/h2-13H,14H2,1H3,(H,26,28). The van der Waals surface area contributed by atoms with Crippen LogP contribution in [0.15, 0.2) is 78.0 Å². The lowest BCUT2D eigenvalue weighted by molar-refractivity contribution is 0.0600. The fraction of sp³-hybridized carbons (Fsp3) is 0.0870. The van der Waals surface area contributed by atoms with Gasteiger partial charge >= 0.3 is 5.97 Å². The number of benzene rings is 2. The van der Waals surface area contributed by atoms with Gasteiger partial charge in [-0.3, -0.25) is 4.79 Å². The average molecular weight is 452 g/mol. The number of amides is 1. The molecule has 0 aliphatic rings. The number of imidazole rings is 1. The summed E-state index contributed by atoms with van der Waals surface area (Å²) in [6.45, 7) is 0. The minimum Gasteiger partial charge on any atom is -0.465 e. The molecule has 1 N–H and O–H groups in total. The van der Waals surface area contributed by atoms with Crippen LogP contribution < -0.4 is 5.32 Å². The number of ether oxygens (including phenoxy) is 1. The van der Waals surface area contributed by atoms with Crippen molar-refractivity contribution in [2.75, 3.05) is 12.4 Å². The molecule has 4 aromatic rings. The topological polar surface area (TPSA) is 72.7 Å². The second-order valence-corrected chi connectivity index (χ2v) is 8.11. The fourth-order valence-corrected chi connectivity index (χ4v) is 3.97. The molecule has 8 heteroatoms. The number of fused-ring (bicyclic) bond motifs is 1. The lowest BCUT2D eigenvalue weighted by atomic mass is 10.1. The molecule has 6 nitrogen and oxygen atoms in total. The molecule has 0 aliphatic carbocycles. The van der Waals surface area contributed by atoms with Gasteiger partial charge in [-0.1, -0.05) is 17.7 Å². The molecule has 0 radical (unpaired) electrons. The first-order valence-corrected chi connectivity index (χ1v) is 10.7. The number of thioether (sulfide) groups is 1. The van der Waals surface area contributed by atoms with Crippen molar-refractivity contribution in [1.82, 2.24) is 9.38 Å². The van der Waals surface area contributed by atoms with Crippen LogP contribution in [0.1, 0.15) is 26.4 Å². The molecule has 0 spiro atoms. The van der Waals surface area contributed by atoms with Crippen molar-refractivity contribution in [2.45, 2.75) is 10.6 Å². The molecule has 0 saturated carbocycles. The molecule has 0 bridgehead atoms. The predicted molar refractivity (Wildman–Crippen MR) is 122 cm³/mol. The summed E-state index contributed by atoms with van der Waals surface area (Å²) in [5.74, 6) is -0.114. The largest absolute Gasteiger partial charge is 0.465 e. The summed E-state index contributed by atoms with van der Waals surface area (Å²) in [5, 5.41) is 3.03. The highest BCUT2D eigenvalue weighted by atomic mass is 35.5. The van der Waals surface area contributed by atoms with Crippen molar-refractivity contribution < 1.29 is 14.3 Å². The minimum absolute atomic E-state index is 0.195. The smallest absolute Gasteiger partial charge is 0.339 e. The summed E-state index contributed by atoms with van der Waals surface area (Å²) >= 11 is 7.66. The first-order valence-electron chi connectivity index (χ1n) is 9.38. The van der Waals surface area contributed by atoms with Crippen molar-refractivity contribution in [3.05, 3.63) is 94.9 Å². The number of carbonyl (C=O) groups excluding carboxylic acids is 2. The highest BCUT2D eigenvalue weighted by Crippen LogP contribution is 2.24. The maximum Gasteiger partial charge on any atom is 0.339 e. The quantitative estimate of drug-likeness (QED) is 0.317. The Balaban J connectivity index is 1.39. The van der Waals surface area contributed by atoms with E-state index in [4.69, 9.17) is 16.3 Å². The Morgan fingerprint density at radius 1 is 1.13 bits per heavy atom. The fourth-order valence-electron chi connectivity index (χ4n) is 2.99. The lowest BCUT2D eigenvalue weighted by Gasteiger charge is -2.09.